The summed E-state index contributed by atoms with van der Waals surface area (Å²) in [6.07, 6.45) is 1.47. The van der Waals surface area contributed by atoms with E-state index in [9.17, 15) is 14.7 Å². The van der Waals surface area contributed by atoms with Gasteiger partial charge in [-0.05, 0) is 56.6 Å². The van der Waals surface area contributed by atoms with Gasteiger partial charge in [-0.15, -0.1) is 0 Å². The molecule has 0 bridgehead atoms. The summed E-state index contributed by atoms with van der Waals surface area (Å²) in [4.78, 5) is 29.9. The molecule has 0 unspecified atom stereocenters. The van der Waals surface area contributed by atoms with Gasteiger partial charge in [-0.1, -0.05) is 42.3 Å². The molecule has 0 saturated heterocycles. The number of para-hydroxylation sites is 1. The number of anilines is 1. The first-order valence-corrected chi connectivity index (χ1v) is 13.1. The lowest BCUT2D eigenvalue weighted by atomic mass is 9.98. The maximum Gasteiger partial charge on any atom is 0.258 e. The third-order valence-corrected chi connectivity index (χ3v) is 7.56. The Morgan fingerprint density at radius 2 is 2.00 bits per heavy atom. The number of amides is 2. The average Bonchev–Trinajstić information content (AvgIpc) is 3.69. The fraction of sp³-hybridized carbons (Fsp3) is 0.481. The van der Waals surface area contributed by atoms with E-state index in [2.05, 4.69) is 10.2 Å². The third-order valence-electron chi connectivity index (χ3n) is 6.83. The molecule has 194 valence electrons. The molecule has 1 heterocycles. The van der Waals surface area contributed by atoms with E-state index in [1.54, 1.807) is 29.2 Å². The average molecular weight is 534 g/mol. The van der Waals surface area contributed by atoms with Crippen molar-refractivity contribution >= 4 is 40.7 Å². The number of hydrogen-bond acceptors (Lipinski definition) is 5. The van der Waals surface area contributed by atoms with Crippen LogP contribution in [0.4, 0.5) is 5.69 Å². The zero-order valence-electron chi connectivity index (χ0n) is 20.8. The van der Waals surface area contributed by atoms with Gasteiger partial charge in [0.25, 0.3) is 5.91 Å². The van der Waals surface area contributed by atoms with Crippen LogP contribution < -0.4 is 10.1 Å². The van der Waals surface area contributed by atoms with Crippen LogP contribution in [0, 0.1) is 11.8 Å². The van der Waals surface area contributed by atoms with Gasteiger partial charge < -0.3 is 20.1 Å². The molecule has 2 aromatic carbocycles. The van der Waals surface area contributed by atoms with Gasteiger partial charge in [0.05, 0.1) is 33.9 Å². The lowest BCUT2D eigenvalue weighted by Gasteiger charge is -2.38. The zero-order chi connectivity index (χ0) is 26.0. The van der Waals surface area contributed by atoms with Crippen LogP contribution in [0.2, 0.25) is 10.0 Å². The van der Waals surface area contributed by atoms with E-state index in [4.69, 9.17) is 27.9 Å². The van der Waals surface area contributed by atoms with Gasteiger partial charge in [-0.3, -0.25) is 14.5 Å². The van der Waals surface area contributed by atoms with Crippen molar-refractivity contribution in [1.29, 1.82) is 0 Å². The Balaban J connectivity index is 1.63. The Bertz CT molecular complexity index is 1120. The molecule has 36 heavy (non-hydrogen) atoms. The first kappa shape index (κ1) is 26.7. The molecule has 1 aliphatic carbocycles. The minimum Gasteiger partial charge on any atom is -0.486 e. The van der Waals surface area contributed by atoms with Crippen molar-refractivity contribution in [3.05, 3.63) is 57.6 Å². The third kappa shape index (κ3) is 6.14. The number of nitrogens with one attached hydrogen (secondary N) is 1. The number of carbonyl (C=O) groups excluding carboxylic acids is 2. The minimum absolute atomic E-state index is 0.0167. The van der Waals surface area contributed by atoms with Crippen molar-refractivity contribution in [2.75, 3.05) is 32.1 Å². The van der Waals surface area contributed by atoms with Crippen LogP contribution >= 0.6 is 23.2 Å². The number of aliphatic hydroxyl groups excluding tert-OH is 1. The molecule has 0 aromatic heterocycles. The van der Waals surface area contributed by atoms with Gasteiger partial charge in [0.1, 0.15) is 6.10 Å². The lowest BCUT2D eigenvalue weighted by Crippen LogP contribution is -2.49. The summed E-state index contributed by atoms with van der Waals surface area (Å²) >= 11 is 12.3. The first-order valence-electron chi connectivity index (χ1n) is 12.3. The number of aliphatic hydroxyl groups is 1. The molecule has 7 nitrogen and oxygen atoms in total. The Kier molecular flexibility index (Phi) is 8.45. The van der Waals surface area contributed by atoms with Crippen molar-refractivity contribution in [1.82, 2.24) is 9.80 Å². The number of halogens is 2. The number of nitrogens with zero attached hydrogens (tertiary/aromatic N) is 2. The number of ether oxygens (including phenoxy) is 1. The number of hydrogen-bond donors (Lipinski definition) is 2. The summed E-state index contributed by atoms with van der Waals surface area (Å²) in [6, 6.07) is 10.5. The van der Waals surface area contributed by atoms with Crippen LogP contribution in [-0.4, -0.2) is 65.6 Å². The highest BCUT2D eigenvalue weighted by molar-refractivity contribution is 6.42. The van der Waals surface area contributed by atoms with Crippen molar-refractivity contribution in [2.24, 2.45) is 11.8 Å². The molecule has 2 aliphatic rings. The van der Waals surface area contributed by atoms with Crippen LogP contribution in [-0.2, 0) is 11.3 Å². The Hall–Kier alpha value is -2.32. The van der Waals surface area contributed by atoms with E-state index < -0.39 is 0 Å². The molecule has 2 amide bonds. The summed E-state index contributed by atoms with van der Waals surface area (Å²) in [5.41, 5.74) is 1.91. The van der Waals surface area contributed by atoms with Gasteiger partial charge in [0.2, 0.25) is 5.91 Å². The first-order chi connectivity index (χ1) is 17.2. The monoisotopic (exact) mass is 533 g/mol. The number of fused-ring (bicyclic) bond motifs is 1. The van der Waals surface area contributed by atoms with Crippen molar-refractivity contribution in [3.8, 4) is 5.75 Å². The standard InChI is InChI=1S/C27H33Cl2N3O4/c1-16-12-32(17(2)15-33)27(35)20-5-4-6-23(30-26(34)19-8-9-19)25(20)36-24(16)14-31(3)13-18-7-10-21(28)22(29)11-18/h4-7,10-11,16-17,19,24,33H,8-9,12-15H2,1-3H3,(H,30,34)/t16-,17-,24+/m1/s1. The molecule has 1 saturated carbocycles. The number of likely N-dealkylation sites (N-methyl/N-ethyl adjacent to an activating group) is 1. The van der Waals surface area contributed by atoms with Gasteiger partial charge in [-0.2, -0.15) is 0 Å². The predicted octanol–water partition coefficient (Wildman–Crippen LogP) is 4.69. The fourth-order valence-electron chi connectivity index (χ4n) is 4.46. The molecule has 1 fully saturated rings. The van der Waals surface area contributed by atoms with Crippen molar-refractivity contribution < 1.29 is 19.4 Å². The van der Waals surface area contributed by atoms with Crippen LogP contribution in [0.15, 0.2) is 36.4 Å². The molecular weight excluding hydrogens is 501 g/mol. The van der Waals surface area contributed by atoms with Gasteiger partial charge >= 0.3 is 0 Å². The second-order valence-electron chi connectivity index (χ2n) is 10.0. The predicted molar refractivity (Wildman–Crippen MR) is 142 cm³/mol. The number of carbonyl (C=O) groups is 2. The van der Waals surface area contributed by atoms with Crippen LogP contribution in [0.1, 0.15) is 42.6 Å². The molecule has 9 heteroatoms. The maximum atomic E-state index is 13.5. The minimum atomic E-state index is -0.356. The van der Waals surface area contributed by atoms with Crippen LogP contribution in [0.5, 0.6) is 5.75 Å². The van der Waals surface area contributed by atoms with Crippen molar-refractivity contribution in [3.63, 3.8) is 0 Å². The SMILES string of the molecule is C[C@@H]1CN([C@H](C)CO)C(=O)c2cccc(NC(=O)C3CC3)c2O[C@H]1CN(C)Cc1ccc(Cl)c(Cl)c1. The van der Waals surface area contributed by atoms with Crippen molar-refractivity contribution in [2.45, 2.75) is 45.4 Å². The van der Waals surface area contributed by atoms with Gasteiger partial charge in [0, 0.05) is 31.5 Å². The summed E-state index contributed by atoms with van der Waals surface area (Å²) in [5, 5.41) is 13.8. The van der Waals surface area contributed by atoms with E-state index in [0.717, 1.165) is 18.4 Å². The van der Waals surface area contributed by atoms with Gasteiger partial charge in [0.15, 0.2) is 5.75 Å². The molecule has 2 aromatic rings. The summed E-state index contributed by atoms with van der Waals surface area (Å²) in [7, 11) is 2.00. The summed E-state index contributed by atoms with van der Waals surface area (Å²) in [5.74, 6) is 0.0840. The van der Waals surface area contributed by atoms with Gasteiger partial charge in [-0.25, -0.2) is 0 Å². The Labute approximate surface area is 222 Å². The second-order valence-corrected chi connectivity index (χ2v) is 10.8. The lowest BCUT2D eigenvalue weighted by molar-refractivity contribution is -0.117. The Morgan fingerprint density at radius 3 is 2.67 bits per heavy atom. The largest absolute Gasteiger partial charge is 0.486 e. The maximum absolute atomic E-state index is 13.5. The fourth-order valence-corrected chi connectivity index (χ4v) is 4.78. The van der Waals surface area contributed by atoms with Crippen LogP contribution in [0.25, 0.3) is 0 Å². The number of rotatable bonds is 8. The molecule has 1 aliphatic heterocycles. The van der Waals surface area contributed by atoms with E-state index in [1.165, 1.54) is 0 Å². The quantitative estimate of drug-likeness (QED) is 0.514. The molecule has 2 N–H and O–H groups in total. The second kappa shape index (κ2) is 11.4. The Morgan fingerprint density at radius 1 is 1.25 bits per heavy atom. The zero-order valence-corrected chi connectivity index (χ0v) is 22.4. The van der Waals surface area contributed by atoms with Crippen LogP contribution in [0.3, 0.4) is 0 Å². The topological polar surface area (TPSA) is 82.1 Å². The van der Waals surface area contributed by atoms with E-state index in [0.29, 0.717) is 46.7 Å². The highest BCUT2D eigenvalue weighted by atomic mass is 35.5. The summed E-state index contributed by atoms with van der Waals surface area (Å²) in [6.45, 7) is 5.36. The molecule has 0 spiro atoms. The highest BCUT2D eigenvalue weighted by Crippen LogP contribution is 2.37. The molecule has 3 atom stereocenters. The molecular formula is C27H33Cl2N3O4. The highest BCUT2D eigenvalue weighted by Gasteiger charge is 2.36. The van der Waals surface area contributed by atoms with E-state index in [1.807, 2.05) is 33.0 Å². The van der Waals surface area contributed by atoms with E-state index >= 15 is 0 Å². The summed E-state index contributed by atoms with van der Waals surface area (Å²) < 4.78 is 6.55. The van der Waals surface area contributed by atoms with E-state index in [-0.39, 0.29) is 42.4 Å². The normalized spacial score (nSPS) is 20.9. The molecule has 0 radical (unpaired) electrons. The smallest absolute Gasteiger partial charge is 0.258 e. The number of benzene rings is 2. The molecule has 4 rings (SSSR count).